The van der Waals surface area contributed by atoms with E-state index in [-0.39, 0.29) is 19.1 Å². The lowest BCUT2D eigenvalue weighted by Crippen LogP contribution is -2.21. The lowest BCUT2D eigenvalue weighted by Gasteiger charge is -2.07. The molecule has 2 aromatic rings. The predicted molar refractivity (Wildman–Crippen MR) is 102 cm³/mol. The maximum atomic E-state index is 11.7. The van der Waals surface area contributed by atoms with Gasteiger partial charge in [-0.25, -0.2) is 0 Å². The molecule has 3 heteroatoms. The van der Waals surface area contributed by atoms with E-state index in [0.717, 1.165) is 23.3 Å². The summed E-state index contributed by atoms with van der Waals surface area (Å²) in [6.07, 6.45) is 5.86. The van der Waals surface area contributed by atoms with Crippen molar-refractivity contribution in [2.24, 2.45) is 0 Å². The van der Waals surface area contributed by atoms with E-state index in [1.807, 2.05) is 60.7 Å². The Morgan fingerprint density at radius 1 is 1.08 bits per heavy atom. The second kappa shape index (κ2) is 10.5. The number of hydrogen-bond donors (Lipinski definition) is 1. The highest BCUT2D eigenvalue weighted by atomic mass is 16.5. The monoisotopic (exact) mass is 331 g/mol. The topological polar surface area (TPSA) is 38.3 Å². The van der Waals surface area contributed by atoms with E-state index in [9.17, 15) is 4.79 Å². The van der Waals surface area contributed by atoms with Crippen LogP contribution in [0.5, 0.6) is 5.75 Å². The third-order valence-corrected chi connectivity index (χ3v) is 3.34. The number of allylic oxidation sites excluding steroid dienone is 1. The first-order chi connectivity index (χ1) is 12.3. The number of benzene rings is 2. The summed E-state index contributed by atoms with van der Waals surface area (Å²) in [6.45, 7) is 4.31. The first-order valence-corrected chi connectivity index (χ1v) is 8.08. The lowest BCUT2D eigenvalue weighted by atomic mass is 10.1. The van der Waals surface area contributed by atoms with Crippen LogP contribution in [-0.4, -0.2) is 19.1 Å². The summed E-state index contributed by atoms with van der Waals surface area (Å²) in [5, 5.41) is 2.72. The Hall–Kier alpha value is -3.25. The quantitative estimate of drug-likeness (QED) is 0.478. The smallest absolute Gasteiger partial charge is 0.244 e. The Balaban J connectivity index is 1.72. The summed E-state index contributed by atoms with van der Waals surface area (Å²) >= 11 is 0. The molecule has 3 nitrogen and oxygen atoms in total. The molecule has 2 rings (SSSR count). The zero-order chi connectivity index (χ0) is 17.7. The molecule has 0 aliphatic rings. The number of carbonyl (C=O) groups is 1. The molecule has 0 atom stereocenters. The number of nitrogens with one attached hydrogen (secondary N) is 1. The van der Waals surface area contributed by atoms with Crippen molar-refractivity contribution < 1.29 is 9.53 Å². The fourth-order valence-corrected chi connectivity index (χ4v) is 2.12. The van der Waals surface area contributed by atoms with Gasteiger partial charge in [-0.1, -0.05) is 66.4 Å². The maximum absolute atomic E-state index is 11.7. The highest BCUT2D eigenvalue weighted by molar-refractivity contribution is 5.91. The van der Waals surface area contributed by atoms with Crippen LogP contribution in [0.15, 0.2) is 73.3 Å². The fourth-order valence-electron chi connectivity index (χ4n) is 2.12. The van der Waals surface area contributed by atoms with E-state index in [1.54, 1.807) is 6.08 Å². The van der Waals surface area contributed by atoms with Gasteiger partial charge in [0, 0.05) is 6.08 Å². The van der Waals surface area contributed by atoms with Gasteiger partial charge in [0.1, 0.15) is 12.4 Å². The van der Waals surface area contributed by atoms with E-state index < -0.39 is 0 Å². The molecule has 0 fully saturated rings. The number of rotatable bonds is 7. The summed E-state index contributed by atoms with van der Waals surface area (Å²) < 4.78 is 5.65. The van der Waals surface area contributed by atoms with E-state index in [2.05, 4.69) is 23.7 Å². The van der Waals surface area contributed by atoms with Gasteiger partial charge in [-0.2, -0.15) is 0 Å². The highest BCUT2D eigenvalue weighted by Gasteiger charge is 1.99. The standard InChI is InChI=1S/C22H21NO2/c1-2-10-20-13-6-7-14-21(20)25-18-9-8-17-23-22(24)16-15-19-11-4-3-5-12-19/h2-7,11-16H,1,10,17-18H2,(H,23,24)/b16-15+. The maximum Gasteiger partial charge on any atom is 0.244 e. The fraction of sp³-hybridized carbons (Fsp3) is 0.136. The van der Waals surface area contributed by atoms with E-state index in [4.69, 9.17) is 4.74 Å². The van der Waals surface area contributed by atoms with E-state index in [1.165, 1.54) is 6.08 Å². The van der Waals surface area contributed by atoms with Gasteiger partial charge in [-0.05, 0) is 29.7 Å². The molecular formula is C22H21NO2. The molecular weight excluding hydrogens is 310 g/mol. The van der Waals surface area contributed by atoms with Gasteiger partial charge >= 0.3 is 0 Å². The molecule has 1 N–H and O–H groups in total. The number of amides is 1. The summed E-state index contributed by atoms with van der Waals surface area (Å²) in [4.78, 5) is 11.7. The minimum absolute atomic E-state index is 0.171. The van der Waals surface area contributed by atoms with Gasteiger partial charge in [0.25, 0.3) is 0 Å². The number of para-hydroxylation sites is 1. The Bertz CT molecular complexity index is 782. The molecule has 0 bridgehead atoms. The molecule has 0 heterocycles. The number of carbonyl (C=O) groups excluding carboxylic acids is 1. The Labute approximate surface area is 149 Å². The van der Waals surface area contributed by atoms with Crippen LogP contribution in [0.25, 0.3) is 6.08 Å². The number of ether oxygens (including phenoxy) is 1. The molecule has 0 radical (unpaired) electrons. The second-order valence-electron chi connectivity index (χ2n) is 5.20. The first-order valence-electron chi connectivity index (χ1n) is 8.08. The Morgan fingerprint density at radius 3 is 2.64 bits per heavy atom. The second-order valence-corrected chi connectivity index (χ2v) is 5.20. The molecule has 0 saturated carbocycles. The molecule has 0 aliphatic carbocycles. The zero-order valence-electron chi connectivity index (χ0n) is 14.1. The van der Waals surface area contributed by atoms with Crippen molar-refractivity contribution in [3.63, 3.8) is 0 Å². The van der Waals surface area contributed by atoms with Crippen molar-refractivity contribution in [1.82, 2.24) is 5.32 Å². The third kappa shape index (κ3) is 6.80. The van der Waals surface area contributed by atoms with Gasteiger partial charge in [0.2, 0.25) is 5.91 Å². The van der Waals surface area contributed by atoms with Gasteiger partial charge in [-0.3, -0.25) is 4.79 Å². The van der Waals surface area contributed by atoms with Gasteiger partial charge in [-0.15, -0.1) is 6.58 Å². The third-order valence-electron chi connectivity index (χ3n) is 3.34. The predicted octanol–water partition coefficient (Wildman–Crippen LogP) is 3.63. The van der Waals surface area contributed by atoms with Crippen LogP contribution in [0, 0.1) is 11.8 Å². The lowest BCUT2D eigenvalue weighted by molar-refractivity contribution is -0.116. The average Bonchev–Trinajstić information content (AvgIpc) is 2.65. The van der Waals surface area contributed by atoms with E-state index in [0.29, 0.717) is 0 Å². The molecule has 2 aromatic carbocycles. The summed E-state index contributed by atoms with van der Waals surface area (Å²) in [5.41, 5.74) is 2.06. The van der Waals surface area contributed by atoms with Crippen molar-refractivity contribution in [1.29, 1.82) is 0 Å². The molecule has 1 amide bonds. The molecule has 25 heavy (non-hydrogen) atoms. The van der Waals surface area contributed by atoms with Crippen LogP contribution in [0.4, 0.5) is 0 Å². The molecule has 0 aliphatic heterocycles. The minimum atomic E-state index is -0.171. The summed E-state index contributed by atoms with van der Waals surface area (Å²) in [7, 11) is 0. The molecule has 0 unspecified atom stereocenters. The molecule has 0 spiro atoms. The number of hydrogen-bond acceptors (Lipinski definition) is 2. The highest BCUT2D eigenvalue weighted by Crippen LogP contribution is 2.18. The van der Waals surface area contributed by atoms with Gasteiger partial charge in [0.05, 0.1) is 6.54 Å². The largest absolute Gasteiger partial charge is 0.481 e. The van der Waals surface area contributed by atoms with Crippen molar-refractivity contribution in [2.75, 3.05) is 13.2 Å². The van der Waals surface area contributed by atoms with Gasteiger partial charge in [0.15, 0.2) is 0 Å². The van der Waals surface area contributed by atoms with Crippen LogP contribution < -0.4 is 10.1 Å². The van der Waals surface area contributed by atoms with Gasteiger partial charge < -0.3 is 10.1 Å². The summed E-state index contributed by atoms with van der Waals surface area (Å²) in [6, 6.07) is 17.5. The Kier molecular flexibility index (Phi) is 7.61. The minimum Gasteiger partial charge on any atom is -0.481 e. The zero-order valence-corrected chi connectivity index (χ0v) is 14.1. The summed E-state index contributed by atoms with van der Waals surface area (Å²) in [5.74, 6) is 6.41. The van der Waals surface area contributed by atoms with Crippen LogP contribution in [0.2, 0.25) is 0 Å². The van der Waals surface area contributed by atoms with Crippen molar-refractivity contribution in [2.45, 2.75) is 6.42 Å². The Morgan fingerprint density at radius 2 is 1.84 bits per heavy atom. The van der Waals surface area contributed by atoms with Crippen LogP contribution in [0.1, 0.15) is 11.1 Å². The normalized spacial score (nSPS) is 9.92. The van der Waals surface area contributed by atoms with Crippen molar-refractivity contribution in [3.8, 4) is 17.6 Å². The molecule has 0 aromatic heterocycles. The first kappa shape index (κ1) is 18.1. The van der Waals surface area contributed by atoms with Crippen molar-refractivity contribution in [3.05, 3.63) is 84.5 Å². The van der Waals surface area contributed by atoms with Crippen LogP contribution >= 0.6 is 0 Å². The molecule has 126 valence electrons. The van der Waals surface area contributed by atoms with Crippen molar-refractivity contribution >= 4 is 12.0 Å². The van der Waals surface area contributed by atoms with Crippen LogP contribution in [-0.2, 0) is 11.2 Å². The SMILES string of the molecule is C=CCc1ccccc1OCC#CCNC(=O)/C=C/c1ccccc1. The molecule has 0 saturated heterocycles. The van der Waals surface area contributed by atoms with E-state index >= 15 is 0 Å². The van der Waals surface area contributed by atoms with Crippen LogP contribution in [0.3, 0.4) is 0 Å². The average molecular weight is 331 g/mol.